The first-order valence-electron chi connectivity index (χ1n) is 9.66. The minimum absolute atomic E-state index is 0.00117. The van der Waals surface area contributed by atoms with Crippen molar-refractivity contribution in [1.82, 2.24) is 9.80 Å². The van der Waals surface area contributed by atoms with Gasteiger partial charge in [0.15, 0.2) is 9.84 Å². The van der Waals surface area contributed by atoms with Gasteiger partial charge in [0, 0.05) is 20.1 Å². The van der Waals surface area contributed by atoms with Crippen molar-refractivity contribution in [2.24, 2.45) is 0 Å². The second kappa shape index (κ2) is 9.99. The van der Waals surface area contributed by atoms with Crippen molar-refractivity contribution < 1.29 is 18.0 Å². The highest BCUT2D eigenvalue weighted by Gasteiger charge is 2.34. The number of hydrogen-bond acceptors (Lipinski definition) is 5. The number of likely N-dealkylation sites (N-methyl/N-ethyl adjacent to an activating group) is 1. The number of hydrogen-bond donors (Lipinski definition) is 1. The van der Waals surface area contributed by atoms with Gasteiger partial charge < -0.3 is 10.2 Å². The number of sulfone groups is 1. The average Bonchev–Trinajstić information content (AvgIpc) is 2.73. The van der Waals surface area contributed by atoms with Gasteiger partial charge in [-0.05, 0) is 17.7 Å². The lowest BCUT2D eigenvalue weighted by atomic mass is 10.0. The average molecular weight is 484 g/mol. The zero-order valence-corrected chi connectivity index (χ0v) is 19.3. The van der Waals surface area contributed by atoms with Crippen LogP contribution in [0.5, 0.6) is 0 Å². The van der Waals surface area contributed by atoms with E-state index in [2.05, 4.69) is 5.32 Å². The van der Waals surface area contributed by atoms with Gasteiger partial charge in [0.1, 0.15) is 6.04 Å². The molecule has 1 aliphatic rings. The van der Waals surface area contributed by atoms with Crippen molar-refractivity contribution in [2.45, 2.75) is 6.04 Å². The first-order valence-corrected chi connectivity index (χ1v) is 12.2. The number of halogens is 2. The van der Waals surface area contributed by atoms with E-state index in [1.165, 1.54) is 11.9 Å². The Morgan fingerprint density at radius 1 is 1.03 bits per heavy atom. The van der Waals surface area contributed by atoms with Crippen LogP contribution in [-0.2, 0) is 19.4 Å². The molecule has 1 unspecified atom stereocenters. The molecule has 1 aliphatic heterocycles. The molecule has 0 radical (unpaired) electrons. The van der Waals surface area contributed by atoms with E-state index in [0.29, 0.717) is 10.0 Å². The second-order valence-corrected chi connectivity index (χ2v) is 10.5. The molecule has 2 aromatic carbocycles. The minimum atomic E-state index is -3.09. The zero-order valence-electron chi connectivity index (χ0n) is 16.9. The normalized spacial score (nSPS) is 17.0. The molecule has 166 valence electrons. The monoisotopic (exact) mass is 483 g/mol. The maximum absolute atomic E-state index is 13.3. The van der Waals surface area contributed by atoms with Crippen LogP contribution in [0.3, 0.4) is 0 Å². The van der Waals surface area contributed by atoms with Crippen molar-refractivity contribution in [3.63, 3.8) is 0 Å². The third-order valence-corrected chi connectivity index (χ3v) is 7.32. The van der Waals surface area contributed by atoms with Crippen molar-refractivity contribution >= 4 is 50.5 Å². The molecule has 1 heterocycles. The number of nitrogens with zero attached hydrogens (tertiary/aromatic N) is 2. The van der Waals surface area contributed by atoms with Gasteiger partial charge >= 0.3 is 0 Å². The summed E-state index contributed by atoms with van der Waals surface area (Å²) in [6.07, 6.45) is 0. The predicted molar refractivity (Wildman–Crippen MR) is 122 cm³/mol. The number of nitrogens with one attached hydrogen (secondary N) is 1. The maximum atomic E-state index is 13.3. The molecule has 10 heteroatoms. The number of benzene rings is 2. The van der Waals surface area contributed by atoms with Crippen LogP contribution in [0.15, 0.2) is 48.5 Å². The van der Waals surface area contributed by atoms with E-state index in [4.69, 9.17) is 23.2 Å². The van der Waals surface area contributed by atoms with E-state index in [0.717, 1.165) is 5.56 Å². The van der Waals surface area contributed by atoms with E-state index in [1.807, 2.05) is 35.2 Å². The molecule has 0 saturated carbocycles. The Morgan fingerprint density at radius 3 is 2.19 bits per heavy atom. The second-order valence-electron chi connectivity index (χ2n) is 7.34. The predicted octanol–water partition coefficient (Wildman–Crippen LogP) is 2.86. The number of carbonyl (C=O) groups is 2. The van der Waals surface area contributed by atoms with Gasteiger partial charge in [-0.1, -0.05) is 59.6 Å². The first-order chi connectivity index (χ1) is 14.7. The van der Waals surface area contributed by atoms with Crippen LogP contribution in [0.2, 0.25) is 10.0 Å². The van der Waals surface area contributed by atoms with Crippen LogP contribution >= 0.6 is 23.2 Å². The van der Waals surface area contributed by atoms with E-state index in [9.17, 15) is 18.0 Å². The third kappa shape index (κ3) is 5.98. The fraction of sp³-hybridized carbons (Fsp3) is 0.333. The maximum Gasteiger partial charge on any atom is 0.244 e. The number of rotatable bonds is 6. The quantitative estimate of drug-likeness (QED) is 0.682. The molecule has 31 heavy (non-hydrogen) atoms. The summed E-state index contributed by atoms with van der Waals surface area (Å²) in [5, 5.41) is 3.24. The summed E-state index contributed by atoms with van der Waals surface area (Å²) in [6.45, 7) is 0.293. The third-order valence-electron chi connectivity index (χ3n) is 5.08. The van der Waals surface area contributed by atoms with Gasteiger partial charge in [-0.3, -0.25) is 14.5 Å². The Morgan fingerprint density at radius 2 is 1.61 bits per heavy atom. The summed E-state index contributed by atoms with van der Waals surface area (Å²) in [4.78, 5) is 29.0. The smallest absolute Gasteiger partial charge is 0.244 e. The Kier molecular flexibility index (Phi) is 7.59. The van der Waals surface area contributed by atoms with Crippen LogP contribution in [0.4, 0.5) is 5.69 Å². The molecule has 0 spiro atoms. The van der Waals surface area contributed by atoms with Crippen molar-refractivity contribution in [1.29, 1.82) is 0 Å². The highest BCUT2D eigenvalue weighted by Crippen LogP contribution is 2.30. The van der Waals surface area contributed by atoms with Crippen molar-refractivity contribution in [2.75, 3.05) is 43.5 Å². The number of anilines is 1. The fourth-order valence-electron chi connectivity index (χ4n) is 3.43. The molecule has 0 aliphatic carbocycles. The summed E-state index contributed by atoms with van der Waals surface area (Å²) < 4.78 is 23.7. The zero-order chi connectivity index (χ0) is 22.6. The molecule has 1 fully saturated rings. The Balaban J connectivity index is 1.75. The van der Waals surface area contributed by atoms with E-state index < -0.39 is 21.8 Å². The number of carbonyl (C=O) groups excluding carboxylic acids is 2. The summed E-state index contributed by atoms with van der Waals surface area (Å²) in [6, 6.07) is 13.3. The van der Waals surface area contributed by atoms with Crippen LogP contribution in [0.25, 0.3) is 0 Å². The van der Waals surface area contributed by atoms with E-state index in [1.54, 1.807) is 18.2 Å². The van der Waals surface area contributed by atoms with Crippen molar-refractivity contribution in [3.8, 4) is 0 Å². The van der Waals surface area contributed by atoms with Crippen LogP contribution in [-0.4, -0.2) is 68.2 Å². The molecule has 3 rings (SSSR count). The van der Waals surface area contributed by atoms with Crippen LogP contribution in [0, 0.1) is 0 Å². The van der Waals surface area contributed by atoms with Gasteiger partial charge in [0.25, 0.3) is 0 Å². The molecule has 2 aromatic rings. The minimum Gasteiger partial charge on any atom is -0.335 e. The molecule has 0 bridgehead atoms. The van der Waals surface area contributed by atoms with Gasteiger partial charge in [-0.25, -0.2) is 8.42 Å². The van der Waals surface area contributed by atoms with Crippen LogP contribution < -0.4 is 5.32 Å². The van der Waals surface area contributed by atoms with Gasteiger partial charge in [-0.15, -0.1) is 0 Å². The van der Waals surface area contributed by atoms with Crippen LogP contribution in [0.1, 0.15) is 11.6 Å². The standard InChI is InChI=1S/C21H23Cl2N3O4S/c1-25(14-18(27)24-19-16(22)8-5-9-17(19)23)21(28)20(15-6-3-2-4-7-15)26-10-12-31(29,30)13-11-26/h2-9,20H,10-14H2,1H3,(H,24,27). The SMILES string of the molecule is CN(CC(=O)Nc1c(Cl)cccc1Cl)C(=O)C(c1ccccc1)N1CCS(=O)(=O)CC1. The summed E-state index contributed by atoms with van der Waals surface area (Å²) in [7, 11) is -1.56. The Labute approximate surface area is 191 Å². The number of para-hydroxylation sites is 1. The van der Waals surface area contributed by atoms with E-state index in [-0.39, 0.29) is 42.7 Å². The topological polar surface area (TPSA) is 86.8 Å². The molecule has 2 amide bonds. The lowest BCUT2D eigenvalue weighted by molar-refractivity contribution is -0.138. The molecular weight excluding hydrogens is 461 g/mol. The Hall–Kier alpha value is -2.13. The molecule has 1 saturated heterocycles. The van der Waals surface area contributed by atoms with E-state index >= 15 is 0 Å². The summed E-state index contributed by atoms with van der Waals surface area (Å²) in [5.41, 5.74) is 1.03. The fourth-order valence-corrected chi connectivity index (χ4v) is 5.15. The van der Waals surface area contributed by atoms with Gasteiger partial charge in [0.2, 0.25) is 11.8 Å². The largest absolute Gasteiger partial charge is 0.335 e. The molecule has 1 atom stereocenters. The molecule has 0 aromatic heterocycles. The molecule has 7 nitrogen and oxygen atoms in total. The molecule has 1 N–H and O–H groups in total. The summed E-state index contributed by atoms with van der Waals surface area (Å²) in [5.74, 6) is -0.748. The first kappa shape index (κ1) is 23.5. The summed E-state index contributed by atoms with van der Waals surface area (Å²) >= 11 is 12.2. The molecular formula is C21H23Cl2N3O4S. The van der Waals surface area contributed by atoms with Gasteiger partial charge in [0.05, 0.1) is 33.8 Å². The lowest BCUT2D eigenvalue weighted by Gasteiger charge is -2.35. The highest BCUT2D eigenvalue weighted by atomic mass is 35.5. The number of amides is 2. The Bertz CT molecular complexity index is 1030. The highest BCUT2D eigenvalue weighted by molar-refractivity contribution is 7.91. The van der Waals surface area contributed by atoms with Crippen molar-refractivity contribution in [3.05, 3.63) is 64.1 Å². The lowest BCUT2D eigenvalue weighted by Crippen LogP contribution is -2.49. The van der Waals surface area contributed by atoms with Gasteiger partial charge in [-0.2, -0.15) is 0 Å².